The molecule has 0 aromatic heterocycles. The Hall–Kier alpha value is -0.130. The number of aliphatic hydroxyl groups excluding tert-OH is 2. The summed E-state index contributed by atoms with van der Waals surface area (Å²) in [7, 11) is 0. The Morgan fingerprint density at radius 3 is 2.75 bits per heavy atom. The monoisotopic (exact) mass is 236 g/mol. The number of rotatable bonds is 0. The van der Waals surface area contributed by atoms with Crippen LogP contribution in [0.2, 0.25) is 0 Å². The van der Waals surface area contributed by atoms with E-state index >= 15 is 0 Å². The summed E-state index contributed by atoms with van der Waals surface area (Å²) < 4.78 is 4.88. The average molecular weight is 237 g/mol. The van der Waals surface area contributed by atoms with Crippen molar-refractivity contribution < 1.29 is 19.7 Å². The molecule has 1 heterocycles. The van der Waals surface area contributed by atoms with E-state index in [9.17, 15) is 15.0 Å². The third kappa shape index (κ3) is 1.000. The van der Waals surface area contributed by atoms with Crippen molar-refractivity contribution in [1.29, 1.82) is 0 Å². The fraction of sp³-hybridized carbons (Fsp3) is 0.857. The number of alkyl halides is 1. The first-order valence-corrected chi connectivity index (χ1v) is 4.73. The molecule has 4 nitrogen and oxygen atoms in total. The lowest BCUT2D eigenvalue weighted by Gasteiger charge is -2.12. The van der Waals surface area contributed by atoms with Crippen LogP contribution < -0.4 is 0 Å². The van der Waals surface area contributed by atoms with E-state index in [0.29, 0.717) is 6.42 Å². The van der Waals surface area contributed by atoms with Gasteiger partial charge in [0, 0.05) is 5.92 Å². The van der Waals surface area contributed by atoms with Gasteiger partial charge in [0.15, 0.2) is 6.10 Å². The molecule has 1 saturated heterocycles. The standard InChI is InChI=1S/C7H9BrO4/c8-4-3(9)1-2-5(10)7(11)12-6(2)4/h2-6,9-10H,1H2/t2-,3+,4-,5-,6+/m0/s1. The van der Waals surface area contributed by atoms with Gasteiger partial charge in [-0.2, -0.15) is 0 Å². The van der Waals surface area contributed by atoms with Gasteiger partial charge >= 0.3 is 5.97 Å². The minimum absolute atomic E-state index is 0.233. The highest BCUT2D eigenvalue weighted by Crippen LogP contribution is 2.40. The lowest BCUT2D eigenvalue weighted by Crippen LogP contribution is -2.25. The lowest BCUT2D eigenvalue weighted by atomic mass is 10.0. The highest BCUT2D eigenvalue weighted by molar-refractivity contribution is 9.09. The Labute approximate surface area is 77.6 Å². The van der Waals surface area contributed by atoms with Crippen LogP contribution in [-0.4, -0.2) is 39.3 Å². The third-order valence-electron chi connectivity index (χ3n) is 2.52. The van der Waals surface area contributed by atoms with Crippen LogP contribution in [0.15, 0.2) is 0 Å². The number of hydrogen-bond acceptors (Lipinski definition) is 4. The average Bonchev–Trinajstić information content (AvgIpc) is 2.43. The molecule has 2 fully saturated rings. The van der Waals surface area contributed by atoms with Gasteiger partial charge in [0.2, 0.25) is 0 Å². The van der Waals surface area contributed by atoms with Crippen molar-refractivity contribution >= 4 is 21.9 Å². The molecule has 0 radical (unpaired) electrons. The number of hydrogen-bond donors (Lipinski definition) is 2. The fourth-order valence-electron chi connectivity index (χ4n) is 1.84. The molecule has 0 amide bonds. The van der Waals surface area contributed by atoms with E-state index in [1.54, 1.807) is 0 Å². The van der Waals surface area contributed by atoms with Gasteiger partial charge in [-0.3, -0.25) is 0 Å². The van der Waals surface area contributed by atoms with E-state index in [1.165, 1.54) is 0 Å². The van der Waals surface area contributed by atoms with Gasteiger partial charge in [0.25, 0.3) is 0 Å². The summed E-state index contributed by atoms with van der Waals surface area (Å²) in [6.07, 6.45) is -1.51. The van der Waals surface area contributed by atoms with Crippen molar-refractivity contribution in [3.05, 3.63) is 0 Å². The first-order valence-electron chi connectivity index (χ1n) is 3.82. The Kier molecular flexibility index (Phi) is 1.89. The van der Waals surface area contributed by atoms with Crippen molar-refractivity contribution in [2.45, 2.75) is 29.6 Å². The van der Waals surface area contributed by atoms with Gasteiger partial charge in [-0.25, -0.2) is 4.79 Å². The van der Waals surface area contributed by atoms with Crippen molar-refractivity contribution in [3.63, 3.8) is 0 Å². The van der Waals surface area contributed by atoms with E-state index in [1.807, 2.05) is 0 Å². The molecule has 2 N–H and O–H groups in total. The quantitative estimate of drug-likeness (QED) is 0.437. The van der Waals surface area contributed by atoms with Crippen LogP contribution in [0.25, 0.3) is 0 Å². The van der Waals surface area contributed by atoms with Crippen molar-refractivity contribution in [1.82, 2.24) is 0 Å². The maximum atomic E-state index is 10.9. The number of fused-ring (bicyclic) bond motifs is 1. The molecule has 1 saturated carbocycles. The van der Waals surface area contributed by atoms with Crippen LogP contribution in [0.4, 0.5) is 0 Å². The number of halogens is 1. The largest absolute Gasteiger partial charge is 0.459 e. The fourth-order valence-corrected chi connectivity index (χ4v) is 2.55. The molecule has 0 aromatic carbocycles. The summed E-state index contributed by atoms with van der Waals surface area (Å²) >= 11 is 3.23. The van der Waals surface area contributed by atoms with Crippen molar-refractivity contribution in [2.75, 3.05) is 0 Å². The van der Waals surface area contributed by atoms with Gasteiger partial charge in [0.05, 0.1) is 10.9 Å². The number of esters is 1. The summed E-state index contributed by atoms with van der Waals surface area (Å²) in [6, 6.07) is 0. The summed E-state index contributed by atoms with van der Waals surface area (Å²) in [5.74, 6) is -0.807. The zero-order valence-corrected chi connectivity index (χ0v) is 7.77. The highest BCUT2D eigenvalue weighted by Gasteiger charge is 2.54. The lowest BCUT2D eigenvalue weighted by molar-refractivity contribution is -0.147. The molecular formula is C7H9BrO4. The van der Waals surface area contributed by atoms with Crippen LogP contribution in [0.3, 0.4) is 0 Å². The molecule has 12 heavy (non-hydrogen) atoms. The molecule has 5 heteroatoms. The van der Waals surface area contributed by atoms with E-state index in [0.717, 1.165) is 0 Å². The van der Waals surface area contributed by atoms with Gasteiger partial charge in [-0.1, -0.05) is 15.9 Å². The normalized spacial score (nSPS) is 52.2. The van der Waals surface area contributed by atoms with Crippen LogP contribution in [0.5, 0.6) is 0 Å². The Bertz CT molecular complexity index is 219. The molecule has 0 bridgehead atoms. The molecule has 0 aromatic rings. The molecule has 5 atom stereocenters. The summed E-state index contributed by atoms with van der Waals surface area (Å²) in [6.45, 7) is 0. The predicted molar refractivity (Wildman–Crippen MR) is 42.7 cm³/mol. The minimum atomic E-state index is -1.05. The van der Waals surface area contributed by atoms with Crippen LogP contribution in [0.1, 0.15) is 6.42 Å². The molecule has 1 aliphatic carbocycles. The van der Waals surface area contributed by atoms with Gasteiger partial charge in [-0.15, -0.1) is 0 Å². The summed E-state index contributed by atoms with van der Waals surface area (Å²) in [5.41, 5.74) is 0. The van der Waals surface area contributed by atoms with E-state index < -0.39 is 18.2 Å². The van der Waals surface area contributed by atoms with E-state index in [4.69, 9.17) is 4.74 Å². The second-order valence-corrected chi connectivity index (χ2v) is 4.32. The van der Waals surface area contributed by atoms with Crippen molar-refractivity contribution in [2.24, 2.45) is 5.92 Å². The smallest absolute Gasteiger partial charge is 0.335 e. The zero-order valence-electron chi connectivity index (χ0n) is 6.18. The van der Waals surface area contributed by atoms with Gasteiger partial charge in [-0.05, 0) is 6.42 Å². The van der Waals surface area contributed by atoms with Crippen LogP contribution in [0, 0.1) is 5.92 Å². The molecule has 68 valence electrons. The number of ether oxygens (including phenoxy) is 1. The molecule has 2 rings (SSSR count). The molecule has 2 aliphatic rings. The first kappa shape index (κ1) is 8.47. The SMILES string of the molecule is O=C1O[C@H]2[C@@H](Br)[C@H](O)C[C@H]2[C@@H]1O. The van der Waals surface area contributed by atoms with E-state index in [2.05, 4.69) is 15.9 Å². The second kappa shape index (κ2) is 2.68. The van der Waals surface area contributed by atoms with Crippen molar-refractivity contribution in [3.8, 4) is 0 Å². The number of carbonyl (C=O) groups excluding carboxylic acids is 1. The molecular weight excluding hydrogens is 228 g/mol. The van der Waals surface area contributed by atoms with Crippen LogP contribution in [-0.2, 0) is 9.53 Å². The molecule has 1 aliphatic heterocycles. The summed E-state index contributed by atoms with van der Waals surface area (Å²) in [4.78, 5) is 10.6. The topological polar surface area (TPSA) is 66.8 Å². The van der Waals surface area contributed by atoms with E-state index in [-0.39, 0.29) is 16.8 Å². The first-order chi connectivity index (χ1) is 5.61. The summed E-state index contributed by atoms with van der Waals surface area (Å²) in [5, 5.41) is 18.7. The molecule has 0 unspecified atom stereocenters. The molecule has 0 spiro atoms. The highest BCUT2D eigenvalue weighted by atomic mass is 79.9. The maximum Gasteiger partial charge on any atom is 0.335 e. The minimum Gasteiger partial charge on any atom is -0.459 e. The Morgan fingerprint density at radius 1 is 1.50 bits per heavy atom. The third-order valence-corrected chi connectivity index (χ3v) is 3.65. The van der Waals surface area contributed by atoms with Gasteiger partial charge in [0.1, 0.15) is 6.10 Å². The Morgan fingerprint density at radius 2 is 2.17 bits per heavy atom. The number of carbonyl (C=O) groups is 1. The van der Waals surface area contributed by atoms with Crippen LogP contribution >= 0.6 is 15.9 Å². The zero-order chi connectivity index (χ0) is 8.88. The maximum absolute atomic E-state index is 10.9. The van der Waals surface area contributed by atoms with Gasteiger partial charge < -0.3 is 14.9 Å². The predicted octanol–water partition coefficient (Wildman–Crippen LogP) is -0.583. The second-order valence-electron chi connectivity index (χ2n) is 3.26. The Balaban J connectivity index is 2.19. The number of aliphatic hydroxyl groups is 2.